The van der Waals surface area contributed by atoms with Gasteiger partial charge in [0.2, 0.25) is 0 Å². The van der Waals surface area contributed by atoms with Gasteiger partial charge in [0.1, 0.15) is 0 Å². The lowest BCUT2D eigenvalue weighted by Crippen LogP contribution is -2.28. The van der Waals surface area contributed by atoms with Gasteiger partial charge < -0.3 is 5.32 Å². The van der Waals surface area contributed by atoms with E-state index in [1.807, 2.05) is 24.4 Å². The van der Waals surface area contributed by atoms with Gasteiger partial charge in [-0.1, -0.05) is 6.07 Å². The summed E-state index contributed by atoms with van der Waals surface area (Å²) in [7, 11) is 0. The molecule has 2 rings (SSSR count). The minimum Gasteiger partial charge on any atom is -0.334 e. The van der Waals surface area contributed by atoms with Crippen molar-refractivity contribution in [1.29, 1.82) is 0 Å². The molecule has 2 heterocycles. The van der Waals surface area contributed by atoms with E-state index < -0.39 is 0 Å². The van der Waals surface area contributed by atoms with Gasteiger partial charge in [-0.2, -0.15) is 0 Å². The number of aryl methyl sites for hydroxylation is 1. The highest BCUT2D eigenvalue weighted by Crippen LogP contribution is 2.13. The fourth-order valence-electron chi connectivity index (χ4n) is 1.24. The molecule has 0 aliphatic heterocycles. The summed E-state index contributed by atoms with van der Waals surface area (Å²) in [4.78, 5) is 19.6. The van der Waals surface area contributed by atoms with E-state index in [0.717, 1.165) is 11.3 Å². The van der Waals surface area contributed by atoms with Crippen LogP contribution in [0.25, 0.3) is 0 Å². The van der Waals surface area contributed by atoms with Crippen LogP contribution in [0.15, 0.2) is 29.9 Å². The van der Waals surface area contributed by atoms with E-state index in [4.69, 9.17) is 0 Å². The van der Waals surface area contributed by atoms with Gasteiger partial charge in [-0.25, -0.2) is 9.78 Å². The number of amides is 2. The zero-order valence-electron chi connectivity index (χ0n) is 9.30. The third-order valence-electron chi connectivity index (χ3n) is 2.02. The Balaban J connectivity index is 1.82. The first kappa shape index (κ1) is 11.5. The van der Waals surface area contributed by atoms with Crippen LogP contribution in [0.4, 0.5) is 9.93 Å². The van der Waals surface area contributed by atoms with Crippen LogP contribution >= 0.6 is 11.3 Å². The van der Waals surface area contributed by atoms with Gasteiger partial charge >= 0.3 is 6.03 Å². The Kier molecular flexibility index (Phi) is 3.66. The summed E-state index contributed by atoms with van der Waals surface area (Å²) in [5.41, 5.74) is 1.86. The minimum atomic E-state index is -0.261. The molecule has 0 saturated carbocycles. The van der Waals surface area contributed by atoms with Crippen LogP contribution in [-0.2, 0) is 6.54 Å². The molecule has 2 aromatic heterocycles. The second kappa shape index (κ2) is 5.40. The molecule has 0 atom stereocenters. The highest BCUT2D eigenvalue weighted by Gasteiger charge is 2.04. The summed E-state index contributed by atoms with van der Waals surface area (Å²) in [5.74, 6) is 0. The predicted octanol–water partition coefficient (Wildman–Crippen LogP) is 2.17. The molecule has 2 aromatic rings. The number of pyridine rings is 1. The van der Waals surface area contributed by atoms with Crippen LogP contribution in [0.3, 0.4) is 0 Å². The molecule has 0 aromatic carbocycles. The maximum Gasteiger partial charge on any atom is 0.321 e. The van der Waals surface area contributed by atoms with E-state index in [0.29, 0.717) is 11.7 Å². The Morgan fingerprint density at radius 2 is 2.41 bits per heavy atom. The fourth-order valence-corrected chi connectivity index (χ4v) is 1.92. The summed E-state index contributed by atoms with van der Waals surface area (Å²) >= 11 is 1.40. The van der Waals surface area contributed by atoms with Gasteiger partial charge in [-0.05, 0) is 18.6 Å². The molecule has 0 unspecified atom stereocenters. The number of hydrogen-bond donors (Lipinski definition) is 2. The standard InChI is InChI=1S/C11H12N4OS/c1-8-7-17-11(14-8)15-10(16)13-6-9-3-2-4-12-5-9/h2-5,7H,6H2,1H3,(H2,13,14,15,16). The summed E-state index contributed by atoms with van der Waals surface area (Å²) in [6.45, 7) is 2.33. The zero-order valence-corrected chi connectivity index (χ0v) is 10.1. The van der Waals surface area contributed by atoms with E-state index in [2.05, 4.69) is 20.6 Å². The smallest absolute Gasteiger partial charge is 0.321 e. The first-order valence-electron chi connectivity index (χ1n) is 5.10. The zero-order chi connectivity index (χ0) is 12.1. The largest absolute Gasteiger partial charge is 0.334 e. The highest BCUT2D eigenvalue weighted by molar-refractivity contribution is 7.13. The molecule has 0 spiro atoms. The number of urea groups is 1. The molecule has 0 radical (unpaired) electrons. The number of anilines is 1. The first-order chi connectivity index (χ1) is 8.24. The van der Waals surface area contributed by atoms with E-state index in [1.165, 1.54) is 11.3 Å². The van der Waals surface area contributed by atoms with Crippen molar-refractivity contribution in [3.63, 3.8) is 0 Å². The number of carbonyl (C=O) groups is 1. The average Bonchev–Trinajstić information content (AvgIpc) is 2.73. The highest BCUT2D eigenvalue weighted by atomic mass is 32.1. The van der Waals surface area contributed by atoms with Crippen LogP contribution in [0.5, 0.6) is 0 Å². The van der Waals surface area contributed by atoms with Gasteiger partial charge in [-0.15, -0.1) is 11.3 Å². The van der Waals surface area contributed by atoms with E-state index in [-0.39, 0.29) is 6.03 Å². The van der Waals surface area contributed by atoms with Crippen LogP contribution in [0, 0.1) is 6.92 Å². The van der Waals surface area contributed by atoms with E-state index in [9.17, 15) is 4.79 Å². The molecule has 6 heteroatoms. The van der Waals surface area contributed by atoms with Crippen molar-refractivity contribution in [2.45, 2.75) is 13.5 Å². The van der Waals surface area contributed by atoms with Gasteiger partial charge in [0.15, 0.2) is 5.13 Å². The second-order valence-electron chi connectivity index (χ2n) is 3.46. The van der Waals surface area contributed by atoms with Crippen molar-refractivity contribution in [3.05, 3.63) is 41.2 Å². The number of nitrogens with zero attached hydrogens (tertiary/aromatic N) is 2. The van der Waals surface area contributed by atoms with Crippen molar-refractivity contribution in [1.82, 2.24) is 15.3 Å². The van der Waals surface area contributed by atoms with Gasteiger partial charge in [-0.3, -0.25) is 10.3 Å². The van der Waals surface area contributed by atoms with Crippen LogP contribution in [0.2, 0.25) is 0 Å². The third-order valence-corrected chi connectivity index (χ3v) is 2.89. The second-order valence-corrected chi connectivity index (χ2v) is 4.32. The average molecular weight is 248 g/mol. The third kappa shape index (κ3) is 3.53. The summed E-state index contributed by atoms with van der Waals surface area (Å²) in [6.07, 6.45) is 3.41. The van der Waals surface area contributed by atoms with Crippen molar-refractivity contribution >= 4 is 22.5 Å². The number of thiazole rings is 1. The Morgan fingerprint density at radius 1 is 1.53 bits per heavy atom. The van der Waals surface area contributed by atoms with Crippen molar-refractivity contribution < 1.29 is 4.79 Å². The molecule has 5 nitrogen and oxygen atoms in total. The summed E-state index contributed by atoms with van der Waals surface area (Å²) < 4.78 is 0. The predicted molar refractivity (Wildman–Crippen MR) is 66.9 cm³/mol. The van der Waals surface area contributed by atoms with Gasteiger partial charge in [0.25, 0.3) is 0 Å². The summed E-state index contributed by atoms with van der Waals surface area (Å²) in [6, 6.07) is 3.48. The molecular weight excluding hydrogens is 236 g/mol. The SMILES string of the molecule is Cc1csc(NC(=O)NCc2cccnc2)n1. The number of aromatic nitrogens is 2. The molecule has 0 bridgehead atoms. The fraction of sp³-hybridized carbons (Fsp3) is 0.182. The molecule has 0 fully saturated rings. The Morgan fingerprint density at radius 3 is 3.06 bits per heavy atom. The van der Waals surface area contributed by atoms with E-state index >= 15 is 0 Å². The lowest BCUT2D eigenvalue weighted by molar-refractivity contribution is 0.251. The van der Waals surface area contributed by atoms with Crippen LogP contribution in [-0.4, -0.2) is 16.0 Å². The summed E-state index contributed by atoms with van der Waals surface area (Å²) in [5, 5.41) is 7.89. The quantitative estimate of drug-likeness (QED) is 0.874. The molecule has 88 valence electrons. The van der Waals surface area contributed by atoms with E-state index in [1.54, 1.807) is 12.4 Å². The Bertz CT molecular complexity index is 497. The molecule has 2 N–H and O–H groups in total. The number of nitrogens with one attached hydrogen (secondary N) is 2. The lowest BCUT2D eigenvalue weighted by Gasteiger charge is -2.04. The Labute approximate surface area is 103 Å². The van der Waals surface area contributed by atoms with Crippen molar-refractivity contribution in [2.75, 3.05) is 5.32 Å². The van der Waals surface area contributed by atoms with Gasteiger partial charge in [0.05, 0.1) is 5.69 Å². The molecule has 17 heavy (non-hydrogen) atoms. The molecular formula is C11H12N4OS. The number of rotatable bonds is 3. The number of carbonyl (C=O) groups excluding carboxylic acids is 1. The van der Waals surface area contributed by atoms with Crippen molar-refractivity contribution in [3.8, 4) is 0 Å². The normalized spacial score (nSPS) is 9.94. The lowest BCUT2D eigenvalue weighted by atomic mass is 10.3. The topological polar surface area (TPSA) is 66.9 Å². The Hall–Kier alpha value is -1.95. The van der Waals surface area contributed by atoms with Crippen LogP contribution in [0.1, 0.15) is 11.3 Å². The first-order valence-corrected chi connectivity index (χ1v) is 5.98. The molecule has 0 aliphatic carbocycles. The molecule has 2 amide bonds. The van der Waals surface area contributed by atoms with Crippen molar-refractivity contribution in [2.24, 2.45) is 0 Å². The maximum atomic E-state index is 11.5. The monoisotopic (exact) mass is 248 g/mol. The number of hydrogen-bond acceptors (Lipinski definition) is 4. The maximum absolute atomic E-state index is 11.5. The van der Waals surface area contributed by atoms with Gasteiger partial charge in [0, 0.05) is 24.3 Å². The van der Waals surface area contributed by atoms with Crippen LogP contribution < -0.4 is 10.6 Å². The molecule has 0 saturated heterocycles. The minimum absolute atomic E-state index is 0.261. The molecule has 0 aliphatic rings.